The molecule has 4 nitrogen and oxygen atoms in total. The third kappa shape index (κ3) is 4.36. The topological polar surface area (TPSA) is 52.6 Å². The predicted octanol–water partition coefficient (Wildman–Crippen LogP) is 0.501. The Morgan fingerprint density at radius 1 is 1.27 bits per heavy atom. The zero-order valence-corrected chi connectivity index (χ0v) is 6.92. The summed E-state index contributed by atoms with van der Waals surface area (Å²) in [5.41, 5.74) is 0. The van der Waals surface area contributed by atoms with Crippen molar-refractivity contribution in [2.24, 2.45) is 0 Å². The molecule has 0 saturated heterocycles. The third-order valence-corrected chi connectivity index (χ3v) is 0.785. The smallest absolute Gasteiger partial charge is 0.417 e. The molecule has 0 heterocycles. The van der Waals surface area contributed by atoms with Crippen molar-refractivity contribution in [2.75, 3.05) is 6.61 Å². The van der Waals surface area contributed by atoms with Crippen molar-refractivity contribution < 1.29 is 19.1 Å². The Hall–Kier alpha value is -1.06. The van der Waals surface area contributed by atoms with E-state index in [4.69, 9.17) is 0 Å². The lowest BCUT2D eigenvalue weighted by Crippen LogP contribution is -2.23. The highest BCUT2D eigenvalue weighted by Gasteiger charge is 2.17. The molecule has 0 bridgehead atoms. The third-order valence-electron chi connectivity index (χ3n) is 0.785. The summed E-state index contributed by atoms with van der Waals surface area (Å²) in [6.07, 6.45) is -0.285. The highest BCUT2D eigenvalue weighted by atomic mass is 16.6. The molecule has 0 aromatic heterocycles. The Labute approximate surface area is 65.5 Å². The molecule has 0 unspecified atom stereocenters. The van der Waals surface area contributed by atoms with Gasteiger partial charge in [-0.15, -0.1) is 0 Å². The van der Waals surface area contributed by atoms with Crippen molar-refractivity contribution in [2.45, 2.75) is 26.9 Å². The Kier molecular flexibility index (Phi) is 4.26. The van der Waals surface area contributed by atoms with E-state index in [0.29, 0.717) is 0 Å². The number of carbonyl (C=O) groups excluding carboxylic acids is 2. The fourth-order valence-corrected chi connectivity index (χ4v) is 0.452. The second-order valence-electron chi connectivity index (χ2n) is 2.17. The molecule has 0 atom stereocenters. The van der Waals surface area contributed by atoms with Crippen molar-refractivity contribution in [3.63, 3.8) is 0 Å². The van der Waals surface area contributed by atoms with Gasteiger partial charge in [-0.05, 0) is 20.8 Å². The number of hydrogen-bond acceptors (Lipinski definition) is 4. The first-order valence-electron chi connectivity index (χ1n) is 3.45. The molecular weight excluding hydrogens is 148 g/mol. The average molecular weight is 160 g/mol. The van der Waals surface area contributed by atoms with E-state index in [-0.39, 0.29) is 12.7 Å². The van der Waals surface area contributed by atoms with Crippen LogP contribution in [0.5, 0.6) is 0 Å². The summed E-state index contributed by atoms with van der Waals surface area (Å²) in [5, 5.41) is 0. The van der Waals surface area contributed by atoms with Crippen LogP contribution in [0.1, 0.15) is 20.8 Å². The first-order valence-corrected chi connectivity index (χ1v) is 3.45. The molecule has 11 heavy (non-hydrogen) atoms. The van der Waals surface area contributed by atoms with Crippen molar-refractivity contribution >= 4 is 11.9 Å². The van der Waals surface area contributed by atoms with Crippen LogP contribution in [0.25, 0.3) is 0 Å². The van der Waals surface area contributed by atoms with Crippen LogP contribution in [0, 0.1) is 0 Å². The molecule has 0 aliphatic rings. The summed E-state index contributed by atoms with van der Waals surface area (Å²) in [7, 11) is 0. The van der Waals surface area contributed by atoms with Gasteiger partial charge in [0.2, 0.25) is 0 Å². The molecular formula is C7H12O4. The number of rotatable bonds is 2. The Balaban J connectivity index is 3.74. The number of hydrogen-bond donors (Lipinski definition) is 0. The van der Waals surface area contributed by atoms with Gasteiger partial charge in [0.1, 0.15) is 0 Å². The van der Waals surface area contributed by atoms with Gasteiger partial charge in [0.15, 0.2) is 0 Å². The van der Waals surface area contributed by atoms with E-state index in [0.717, 1.165) is 0 Å². The number of ether oxygens (including phenoxy) is 2. The number of esters is 2. The van der Waals surface area contributed by atoms with Crippen LogP contribution in [0.15, 0.2) is 0 Å². The molecule has 0 N–H and O–H groups in total. The standard InChI is InChI=1S/C7H12O4/c1-4-10-6(8)7(9)11-5(2)3/h5H,4H2,1-3H3. The average Bonchev–Trinajstić information content (AvgIpc) is 1.86. The summed E-state index contributed by atoms with van der Waals surface area (Å²) in [4.78, 5) is 21.2. The lowest BCUT2D eigenvalue weighted by Gasteiger charge is -2.05. The highest BCUT2D eigenvalue weighted by molar-refractivity contribution is 6.29. The molecule has 0 amide bonds. The maximum atomic E-state index is 10.6. The molecule has 0 saturated carbocycles. The molecule has 0 radical (unpaired) electrons. The molecule has 0 aliphatic carbocycles. The lowest BCUT2D eigenvalue weighted by molar-refractivity contribution is -0.169. The monoisotopic (exact) mass is 160 g/mol. The van der Waals surface area contributed by atoms with E-state index in [1.807, 2.05) is 0 Å². The van der Waals surface area contributed by atoms with Crippen LogP contribution in [-0.4, -0.2) is 24.6 Å². The molecule has 0 spiro atoms. The van der Waals surface area contributed by atoms with Gasteiger partial charge in [-0.25, -0.2) is 9.59 Å². The molecule has 0 rings (SSSR count). The number of carbonyl (C=O) groups is 2. The second-order valence-corrected chi connectivity index (χ2v) is 2.17. The minimum atomic E-state index is -0.929. The van der Waals surface area contributed by atoms with Crippen LogP contribution in [0.2, 0.25) is 0 Å². The van der Waals surface area contributed by atoms with Gasteiger partial charge >= 0.3 is 11.9 Å². The van der Waals surface area contributed by atoms with Crippen LogP contribution in [0.3, 0.4) is 0 Å². The van der Waals surface area contributed by atoms with Crippen molar-refractivity contribution in [1.29, 1.82) is 0 Å². The molecule has 4 heteroatoms. The van der Waals surface area contributed by atoms with Crippen molar-refractivity contribution in [3.8, 4) is 0 Å². The van der Waals surface area contributed by atoms with Gasteiger partial charge in [0.25, 0.3) is 0 Å². The van der Waals surface area contributed by atoms with Crippen LogP contribution >= 0.6 is 0 Å². The Bertz CT molecular complexity index is 151. The normalized spacial score (nSPS) is 9.45. The van der Waals surface area contributed by atoms with Crippen LogP contribution in [-0.2, 0) is 19.1 Å². The lowest BCUT2D eigenvalue weighted by atomic mass is 10.5. The van der Waals surface area contributed by atoms with Gasteiger partial charge in [-0.2, -0.15) is 0 Å². The Morgan fingerprint density at radius 2 is 1.82 bits per heavy atom. The fourth-order valence-electron chi connectivity index (χ4n) is 0.452. The van der Waals surface area contributed by atoms with E-state index in [9.17, 15) is 9.59 Å². The highest BCUT2D eigenvalue weighted by Crippen LogP contribution is 1.90. The fraction of sp³-hybridized carbons (Fsp3) is 0.714. The van der Waals surface area contributed by atoms with Gasteiger partial charge in [-0.1, -0.05) is 0 Å². The predicted molar refractivity (Wildman–Crippen MR) is 37.9 cm³/mol. The van der Waals surface area contributed by atoms with Gasteiger partial charge in [0, 0.05) is 0 Å². The van der Waals surface area contributed by atoms with Gasteiger partial charge in [0.05, 0.1) is 12.7 Å². The van der Waals surface area contributed by atoms with E-state index in [1.54, 1.807) is 20.8 Å². The molecule has 64 valence electrons. The van der Waals surface area contributed by atoms with Crippen LogP contribution < -0.4 is 0 Å². The minimum Gasteiger partial charge on any atom is -0.458 e. The second kappa shape index (κ2) is 4.71. The summed E-state index contributed by atoms with van der Waals surface area (Å²) < 4.78 is 8.94. The first-order chi connectivity index (χ1) is 5.07. The van der Waals surface area contributed by atoms with E-state index < -0.39 is 11.9 Å². The maximum Gasteiger partial charge on any atom is 0.417 e. The minimum absolute atomic E-state index is 0.187. The summed E-state index contributed by atoms with van der Waals surface area (Å²) >= 11 is 0. The van der Waals surface area contributed by atoms with E-state index >= 15 is 0 Å². The van der Waals surface area contributed by atoms with E-state index in [1.165, 1.54) is 0 Å². The zero-order chi connectivity index (χ0) is 8.85. The quantitative estimate of drug-likeness (QED) is 0.436. The first kappa shape index (κ1) is 9.94. The molecule has 0 aromatic carbocycles. The molecule has 0 fully saturated rings. The van der Waals surface area contributed by atoms with Crippen molar-refractivity contribution in [1.82, 2.24) is 0 Å². The maximum absolute atomic E-state index is 10.6. The van der Waals surface area contributed by atoms with Crippen LogP contribution in [0.4, 0.5) is 0 Å². The van der Waals surface area contributed by atoms with Gasteiger partial charge in [-0.3, -0.25) is 0 Å². The van der Waals surface area contributed by atoms with E-state index in [2.05, 4.69) is 9.47 Å². The summed E-state index contributed by atoms with van der Waals surface area (Å²) in [6, 6.07) is 0. The van der Waals surface area contributed by atoms with Crippen molar-refractivity contribution in [3.05, 3.63) is 0 Å². The molecule has 0 aromatic rings. The molecule has 0 aliphatic heterocycles. The zero-order valence-electron chi connectivity index (χ0n) is 6.92. The summed E-state index contributed by atoms with van der Waals surface area (Å²) in [5.74, 6) is -1.86. The summed E-state index contributed by atoms with van der Waals surface area (Å²) in [6.45, 7) is 5.14. The Morgan fingerprint density at radius 3 is 2.18 bits per heavy atom. The SMILES string of the molecule is CCOC(=O)C(=O)OC(C)C. The van der Waals surface area contributed by atoms with Gasteiger partial charge < -0.3 is 9.47 Å². The largest absolute Gasteiger partial charge is 0.458 e.